The Balaban J connectivity index is 0.000000278. The van der Waals surface area contributed by atoms with Crippen LogP contribution in [0, 0.1) is 32.8 Å². The summed E-state index contributed by atoms with van der Waals surface area (Å²) in [6.45, 7) is -0.293. The van der Waals surface area contributed by atoms with Crippen LogP contribution in [0.15, 0.2) is 36.8 Å². The molecule has 0 aliphatic carbocycles. The molecule has 0 amide bonds. The van der Waals surface area contributed by atoms with Crippen LogP contribution in [0.4, 0.5) is 5.69 Å². The van der Waals surface area contributed by atoms with Crippen molar-refractivity contribution in [1.82, 2.24) is 15.0 Å². The number of pyridine rings is 3. The van der Waals surface area contributed by atoms with Crippen LogP contribution >= 0.6 is 11.6 Å². The van der Waals surface area contributed by atoms with Crippen molar-refractivity contribution < 1.29 is 34.5 Å². The van der Waals surface area contributed by atoms with Crippen molar-refractivity contribution in [3.63, 3.8) is 0 Å². The SMILES string of the molecule is COc1cc(CO)cnc1C#N.COc1cc(CO)cnc1C(=O)O.N#Cc1ncc(Cl)cc1[N+](=O)[O-]. The molecule has 0 aromatic carbocycles. The maximum absolute atomic E-state index is 10.6. The zero-order valence-corrected chi connectivity index (χ0v) is 20.1. The van der Waals surface area contributed by atoms with Gasteiger partial charge in [-0.15, -0.1) is 0 Å². The number of aliphatic hydroxyl groups is 2. The van der Waals surface area contributed by atoms with E-state index in [1.807, 2.05) is 6.07 Å². The van der Waals surface area contributed by atoms with Crippen molar-refractivity contribution in [3.05, 3.63) is 80.1 Å². The molecule has 0 aliphatic heterocycles. The number of carboxylic acids is 1. The Hall–Kier alpha value is -4.89. The molecule has 0 saturated carbocycles. The van der Waals surface area contributed by atoms with Crippen LogP contribution in [0.3, 0.4) is 0 Å². The number of aliphatic hydroxyl groups excluding tert-OH is 2. The van der Waals surface area contributed by atoms with Gasteiger partial charge in [-0.3, -0.25) is 10.1 Å². The predicted octanol–water partition coefficient (Wildman–Crippen LogP) is 2.25. The van der Waals surface area contributed by atoms with Gasteiger partial charge in [0.05, 0.1) is 37.4 Å². The van der Waals surface area contributed by atoms with Crippen molar-refractivity contribution in [3.8, 4) is 23.6 Å². The highest BCUT2D eigenvalue weighted by molar-refractivity contribution is 6.30. The second-order valence-electron chi connectivity index (χ2n) is 6.41. The summed E-state index contributed by atoms with van der Waals surface area (Å²) in [6, 6.07) is 7.59. The number of rotatable bonds is 6. The van der Waals surface area contributed by atoms with E-state index in [-0.39, 0.29) is 46.8 Å². The lowest BCUT2D eigenvalue weighted by atomic mass is 10.2. The Morgan fingerprint density at radius 2 is 1.49 bits per heavy atom. The van der Waals surface area contributed by atoms with Crippen molar-refractivity contribution in [1.29, 1.82) is 10.5 Å². The molecule has 192 valence electrons. The monoisotopic (exact) mass is 530 g/mol. The zero-order valence-electron chi connectivity index (χ0n) is 19.3. The third-order valence-electron chi connectivity index (χ3n) is 4.07. The first-order valence-corrected chi connectivity index (χ1v) is 10.1. The van der Waals surface area contributed by atoms with E-state index in [9.17, 15) is 14.9 Å². The Morgan fingerprint density at radius 3 is 1.95 bits per heavy atom. The molecule has 3 heterocycles. The van der Waals surface area contributed by atoms with E-state index in [2.05, 4.69) is 15.0 Å². The predicted molar refractivity (Wildman–Crippen MR) is 126 cm³/mol. The van der Waals surface area contributed by atoms with Gasteiger partial charge in [0.25, 0.3) is 0 Å². The lowest BCUT2D eigenvalue weighted by Gasteiger charge is -2.04. The Bertz CT molecular complexity index is 1340. The highest BCUT2D eigenvalue weighted by Crippen LogP contribution is 2.20. The maximum atomic E-state index is 10.6. The fraction of sp³-hybridized carbons (Fsp3) is 0.182. The van der Waals surface area contributed by atoms with Gasteiger partial charge in [0.15, 0.2) is 22.9 Å². The molecule has 3 rings (SSSR count). The number of methoxy groups -OCH3 is 2. The number of carbonyl (C=O) groups is 1. The van der Waals surface area contributed by atoms with Crippen LogP contribution in [-0.2, 0) is 13.2 Å². The number of hydrogen-bond acceptors (Lipinski definition) is 12. The number of carboxylic acid groups (broad SMARTS) is 1. The molecule has 3 aromatic rings. The second kappa shape index (κ2) is 15.2. The van der Waals surface area contributed by atoms with Crippen LogP contribution in [0.1, 0.15) is 33.0 Å². The van der Waals surface area contributed by atoms with E-state index < -0.39 is 10.9 Å². The Morgan fingerprint density at radius 1 is 0.973 bits per heavy atom. The molecule has 0 aliphatic rings. The minimum Gasteiger partial charge on any atom is -0.494 e. The van der Waals surface area contributed by atoms with Crippen LogP contribution in [0.5, 0.6) is 11.5 Å². The molecule has 0 saturated heterocycles. The van der Waals surface area contributed by atoms with Crippen LogP contribution in [0.25, 0.3) is 0 Å². The van der Waals surface area contributed by atoms with Crippen LogP contribution < -0.4 is 9.47 Å². The van der Waals surface area contributed by atoms with Crippen molar-refractivity contribution in [2.24, 2.45) is 0 Å². The standard InChI is InChI=1S/C8H8N2O2.C8H9NO4.C6H2ClN3O2/c1-12-8-2-6(5-11)4-10-7(8)3-9;1-13-6-2-5(4-10)3-9-7(6)8(11)12;7-4-1-6(10(11)12)5(2-8)9-3-4/h2,4,11H,5H2,1H3;2-3,10H,4H2,1H3,(H,11,12);1,3H. The lowest BCUT2D eigenvalue weighted by Crippen LogP contribution is -2.04. The summed E-state index contributed by atoms with van der Waals surface area (Å²) < 4.78 is 9.68. The number of nitrogens with zero attached hydrogens (tertiary/aromatic N) is 6. The quantitative estimate of drug-likeness (QED) is 0.307. The van der Waals surface area contributed by atoms with E-state index in [1.165, 1.54) is 38.9 Å². The van der Waals surface area contributed by atoms with Gasteiger partial charge < -0.3 is 24.8 Å². The maximum Gasteiger partial charge on any atom is 0.358 e. The number of nitriles is 2. The lowest BCUT2D eigenvalue weighted by molar-refractivity contribution is -0.385. The van der Waals surface area contributed by atoms with Gasteiger partial charge in [-0.25, -0.2) is 19.7 Å². The Labute approximate surface area is 214 Å². The molecule has 3 aromatic heterocycles. The highest BCUT2D eigenvalue weighted by Gasteiger charge is 2.15. The van der Waals surface area contributed by atoms with Gasteiger partial charge in [0.2, 0.25) is 5.69 Å². The number of halogens is 1. The molecule has 15 heteroatoms. The van der Waals surface area contributed by atoms with Crippen molar-refractivity contribution >= 4 is 23.3 Å². The fourth-order valence-electron chi connectivity index (χ4n) is 2.35. The molecule has 0 bridgehead atoms. The number of nitro groups is 1. The Kier molecular flexibility index (Phi) is 12.4. The van der Waals surface area contributed by atoms with Crippen molar-refractivity contribution in [2.45, 2.75) is 13.2 Å². The summed E-state index contributed by atoms with van der Waals surface area (Å²) in [5, 5.41) is 53.5. The summed E-state index contributed by atoms with van der Waals surface area (Å²) in [6.07, 6.45) is 3.93. The van der Waals surface area contributed by atoms with Crippen LogP contribution in [0.2, 0.25) is 5.02 Å². The molecule has 14 nitrogen and oxygen atoms in total. The number of ether oxygens (including phenoxy) is 2. The van der Waals surface area contributed by atoms with E-state index in [0.29, 0.717) is 16.9 Å². The summed E-state index contributed by atoms with van der Waals surface area (Å²) in [4.78, 5) is 31.1. The second-order valence-corrected chi connectivity index (χ2v) is 6.85. The average molecular weight is 531 g/mol. The smallest absolute Gasteiger partial charge is 0.358 e. The minimum absolute atomic E-state index is 0.102. The number of hydrogen-bond donors (Lipinski definition) is 3. The van der Waals surface area contributed by atoms with Crippen LogP contribution in [-0.4, -0.2) is 55.4 Å². The number of aromatic carboxylic acids is 1. The molecule has 0 fully saturated rings. The topological polar surface area (TPSA) is 226 Å². The van der Waals surface area contributed by atoms with Gasteiger partial charge in [-0.05, 0) is 23.3 Å². The molecule has 0 unspecified atom stereocenters. The highest BCUT2D eigenvalue weighted by atomic mass is 35.5. The van der Waals surface area contributed by atoms with E-state index in [1.54, 1.807) is 12.1 Å². The fourth-order valence-corrected chi connectivity index (χ4v) is 2.50. The molecule has 37 heavy (non-hydrogen) atoms. The number of aromatic nitrogens is 3. The van der Waals surface area contributed by atoms with Crippen molar-refractivity contribution in [2.75, 3.05) is 14.2 Å². The zero-order chi connectivity index (χ0) is 28.0. The third kappa shape index (κ3) is 9.00. The summed E-state index contributed by atoms with van der Waals surface area (Å²) in [5.74, 6) is -0.607. The summed E-state index contributed by atoms with van der Waals surface area (Å²) >= 11 is 5.44. The molecule has 0 spiro atoms. The van der Waals surface area contributed by atoms with Gasteiger partial charge in [-0.2, -0.15) is 10.5 Å². The summed E-state index contributed by atoms with van der Waals surface area (Å²) in [7, 11) is 2.81. The van der Waals surface area contributed by atoms with Gasteiger partial charge in [0, 0.05) is 24.7 Å². The van der Waals surface area contributed by atoms with Gasteiger partial charge in [0.1, 0.15) is 12.1 Å². The first-order valence-electron chi connectivity index (χ1n) is 9.76. The van der Waals surface area contributed by atoms with Gasteiger partial charge >= 0.3 is 11.7 Å². The first-order chi connectivity index (χ1) is 17.6. The first kappa shape index (κ1) is 30.1. The molecule has 0 radical (unpaired) electrons. The normalized spacial score (nSPS) is 9.27. The average Bonchev–Trinajstić information content (AvgIpc) is 2.92. The van der Waals surface area contributed by atoms with Gasteiger partial charge in [-0.1, -0.05) is 11.6 Å². The molecular formula is C22H19ClN6O8. The largest absolute Gasteiger partial charge is 0.494 e. The molecular weight excluding hydrogens is 512 g/mol. The van der Waals surface area contributed by atoms with E-state index in [4.69, 9.17) is 46.9 Å². The van der Waals surface area contributed by atoms with E-state index >= 15 is 0 Å². The third-order valence-corrected chi connectivity index (χ3v) is 4.28. The van der Waals surface area contributed by atoms with E-state index in [0.717, 1.165) is 6.07 Å². The molecule has 0 atom stereocenters. The summed E-state index contributed by atoms with van der Waals surface area (Å²) in [5.41, 5.74) is 0.622. The molecule has 3 N–H and O–H groups in total. The minimum atomic E-state index is -1.15.